The summed E-state index contributed by atoms with van der Waals surface area (Å²) in [5.74, 6) is -0.00633. The number of Topliss-reactive ketones (excluding diaryl/α,β-unsaturated/α-hetero) is 1. The topological polar surface area (TPSA) is 30.0 Å². The fraction of sp³-hybridized carbons (Fsp3) is 0.294. The van der Waals surface area contributed by atoms with Gasteiger partial charge in [-0.2, -0.15) is 0 Å². The summed E-state index contributed by atoms with van der Waals surface area (Å²) in [5.41, 5.74) is 3.83. The predicted octanol–water partition coefficient (Wildman–Crippen LogP) is 4.25. The van der Waals surface area contributed by atoms with E-state index < -0.39 is 0 Å². The molecule has 0 aliphatic rings. The number of ketones is 1. The zero-order chi connectivity index (χ0) is 14.0. The Morgan fingerprint density at radius 1 is 1.00 bits per heavy atom. The number of hydrogen-bond acceptors (Lipinski definition) is 2. The Bertz CT molecular complexity index is 591. The van der Waals surface area contributed by atoms with Gasteiger partial charge in [-0.1, -0.05) is 51.1 Å². The minimum atomic E-state index is -0.00633. The number of rotatable bonds is 2. The molecule has 1 aromatic carbocycles. The van der Waals surface area contributed by atoms with Gasteiger partial charge in [0.1, 0.15) is 5.69 Å². The average Bonchev–Trinajstić information content (AvgIpc) is 2.38. The molecule has 0 bridgehead atoms. The van der Waals surface area contributed by atoms with E-state index in [0.717, 1.165) is 11.3 Å². The average molecular weight is 253 g/mol. The van der Waals surface area contributed by atoms with E-state index in [0.29, 0.717) is 5.69 Å². The monoisotopic (exact) mass is 253 g/mol. The molecular weight excluding hydrogens is 234 g/mol. The highest BCUT2D eigenvalue weighted by Crippen LogP contribution is 2.25. The van der Waals surface area contributed by atoms with E-state index in [4.69, 9.17) is 0 Å². The molecule has 2 nitrogen and oxygen atoms in total. The molecule has 0 unspecified atom stereocenters. The third-order valence-corrected chi connectivity index (χ3v) is 3.16. The van der Waals surface area contributed by atoms with E-state index in [1.807, 2.05) is 12.1 Å². The maximum absolute atomic E-state index is 11.4. The number of carbonyl (C=O) groups is 1. The number of pyridine rings is 1. The van der Waals surface area contributed by atoms with Crippen LogP contribution in [0.4, 0.5) is 0 Å². The number of hydrogen-bond donors (Lipinski definition) is 0. The number of benzene rings is 1. The lowest BCUT2D eigenvalue weighted by Gasteiger charge is -2.19. The lowest BCUT2D eigenvalue weighted by Crippen LogP contribution is -2.10. The summed E-state index contributed by atoms with van der Waals surface area (Å²) in [6, 6.07) is 13.9. The van der Waals surface area contributed by atoms with E-state index >= 15 is 0 Å². The second-order valence-electron chi connectivity index (χ2n) is 5.79. The van der Waals surface area contributed by atoms with Gasteiger partial charge in [0.2, 0.25) is 0 Å². The van der Waals surface area contributed by atoms with Gasteiger partial charge in [-0.25, -0.2) is 4.98 Å². The van der Waals surface area contributed by atoms with Crippen LogP contribution in [-0.2, 0) is 5.41 Å². The van der Waals surface area contributed by atoms with Crippen LogP contribution in [-0.4, -0.2) is 10.8 Å². The Balaban J connectivity index is 2.37. The first-order valence-corrected chi connectivity index (χ1v) is 6.47. The first kappa shape index (κ1) is 13.5. The molecule has 1 heterocycles. The zero-order valence-electron chi connectivity index (χ0n) is 11.9. The van der Waals surface area contributed by atoms with Crippen LogP contribution in [0, 0.1) is 0 Å². The second-order valence-corrected chi connectivity index (χ2v) is 5.79. The maximum Gasteiger partial charge on any atom is 0.178 e. The van der Waals surface area contributed by atoms with Crippen LogP contribution >= 0.6 is 0 Å². The Morgan fingerprint density at radius 3 is 2.16 bits per heavy atom. The molecule has 2 aromatic rings. The van der Waals surface area contributed by atoms with Gasteiger partial charge in [0.25, 0.3) is 0 Å². The standard InChI is InChI=1S/C17H19NO/c1-12(19)15-6-5-7-16(18-15)13-8-10-14(11-9-13)17(2,3)4/h5-11H,1-4H3. The number of carbonyl (C=O) groups excluding carboxylic acids is 1. The van der Waals surface area contributed by atoms with Crippen LogP contribution in [0.5, 0.6) is 0 Å². The maximum atomic E-state index is 11.4. The first-order chi connectivity index (χ1) is 8.88. The lowest BCUT2D eigenvalue weighted by molar-refractivity contribution is 0.101. The van der Waals surface area contributed by atoms with Gasteiger partial charge in [-0.3, -0.25) is 4.79 Å². The van der Waals surface area contributed by atoms with Crippen LogP contribution in [0.3, 0.4) is 0 Å². The molecule has 0 saturated heterocycles. The predicted molar refractivity (Wildman–Crippen MR) is 78.4 cm³/mol. The molecule has 0 fully saturated rings. The molecule has 1 aromatic heterocycles. The summed E-state index contributed by atoms with van der Waals surface area (Å²) in [4.78, 5) is 15.7. The van der Waals surface area contributed by atoms with Crippen molar-refractivity contribution < 1.29 is 4.79 Å². The molecule has 0 amide bonds. The van der Waals surface area contributed by atoms with Crippen LogP contribution in [0.25, 0.3) is 11.3 Å². The largest absolute Gasteiger partial charge is 0.293 e. The fourth-order valence-electron chi connectivity index (χ4n) is 1.93. The molecule has 0 N–H and O–H groups in total. The first-order valence-electron chi connectivity index (χ1n) is 6.47. The van der Waals surface area contributed by atoms with Crippen LogP contribution in [0.15, 0.2) is 42.5 Å². The highest BCUT2D eigenvalue weighted by Gasteiger charge is 2.13. The Morgan fingerprint density at radius 2 is 1.63 bits per heavy atom. The SMILES string of the molecule is CC(=O)c1cccc(-c2ccc(C(C)(C)C)cc2)n1. The minimum absolute atomic E-state index is 0.00633. The van der Waals surface area contributed by atoms with Crippen molar-refractivity contribution in [3.05, 3.63) is 53.7 Å². The van der Waals surface area contributed by atoms with Gasteiger partial charge in [-0.15, -0.1) is 0 Å². The van der Waals surface area contributed by atoms with E-state index in [9.17, 15) is 4.79 Å². The molecule has 0 atom stereocenters. The summed E-state index contributed by atoms with van der Waals surface area (Å²) in [5, 5.41) is 0. The number of nitrogens with zero attached hydrogens (tertiary/aromatic N) is 1. The summed E-state index contributed by atoms with van der Waals surface area (Å²) in [6.45, 7) is 8.11. The lowest BCUT2D eigenvalue weighted by atomic mass is 9.86. The van der Waals surface area contributed by atoms with E-state index in [1.165, 1.54) is 12.5 Å². The zero-order valence-corrected chi connectivity index (χ0v) is 11.9. The quantitative estimate of drug-likeness (QED) is 0.749. The van der Waals surface area contributed by atoms with Crippen molar-refractivity contribution in [1.29, 1.82) is 0 Å². The molecule has 0 radical (unpaired) electrons. The van der Waals surface area contributed by atoms with Gasteiger partial charge < -0.3 is 0 Å². The molecule has 0 spiro atoms. The van der Waals surface area contributed by atoms with Crippen molar-refractivity contribution in [1.82, 2.24) is 4.98 Å². The van der Waals surface area contributed by atoms with Crippen LogP contribution in [0.1, 0.15) is 43.7 Å². The van der Waals surface area contributed by atoms with Crippen molar-refractivity contribution >= 4 is 5.78 Å². The Hall–Kier alpha value is -1.96. The summed E-state index contributed by atoms with van der Waals surface area (Å²) < 4.78 is 0. The van der Waals surface area contributed by atoms with Crippen molar-refractivity contribution in [2.24, 2.45) is 0 Å². The van der Waals surface area contributed by atoms with Crippen LogP contribution in [0.2, 0.25) is 0 Å². The molecule has 2 heteroatoms. The minimum Gasteiger partial charge on any atom is -0.293 e. The molecule has 2 rings (SSSR count). The Labute approximate surface area is 114 Å². The van der Waals surface area contributed by atoms with Crippen molar-refractivity contribution in [3.63, 3.8) is 0 Å². The Kier molecular flexibility index (Phi) is 3.52. The van der Waals surface area contributed by atoms with Gasteiger partial charge in [0.15, 0.2) is 5.78 Å². The smallest absolute Gasteiger partial charge is 0.178 e. The highest BCUT2D eigenvalue weighted by molar-refractivity contribution is 5.92. The van der Waals surface area contributed by atoms with E-state index in [-0.39, 0.29) is 11.2 Å². The van der Waals surface area contributed by atoms with E-state index in [1.54, 1.807) is 6.07 Å². The molecule has 0 saturated carbocycles. The summed E-state index contributed by atoms with van der Waals surface area (Å²) >= 11 is 0. The summed E-state index contributed by atoms with van der Waals surface area (Å²) in [7, 11) is 0. The van der Waals surface area contributed by atoms with Gasteiger partial charge >= 0.3 is 0 Å². The van der Waals surface area contributed by atoms with Gasteiger partial charge in [0, 0.05) is 12.5 Å². The fourth-order valence-corrected chi connectivity index (χ4v) is 1.93. The molecular formula is C17H19NO. The molecule has 0 aliphatic heterocycles. The number of aromatic nitrogens is 1. The highest BCUT2D eigenvalue weighted by atomic mass is 16.1. The van der Waals surface area contributed by atoms with Crippen molar-refractivity contribution in [2.45, 2.75) is 33.1 Å². The third kappa shape index (κ3) is 3.08. The molecule has 98 valence electrons. The van der Waals surface area contributed by atoms with Crippen LogP contribution < -0.4 is 0 Å². The normalized spacial score (nSPS) is 11.4. The van der Waals surface area contributed by atoms with Gasteiger partial charge in [0.05, 0.1) is 5.69 Å². The van der Waals surface area contributed by atoms with Crippen molar-refractivity contribution in [3.8, 4) is 11.3 Å². The third-order valence-electron chi connectivity index (χ3n) is 3.16. The van der Waals surface area contributed by atoms with E-state index in [2.05, 4.69) is 50.0 Å². The molecule has 0 aliphatic carbocycles. The summed E-state index contributed by atoms with van der Waals surface area (Å²) in [6.07, 6.45) is 0. The molecule has 19 heavy (non-hydrogen) atoms. The van der Waals surface area contributed by atoms with Gasteiger partial charge in [-0.05, 0) is 23.1 Å². The van der Waals surface area contributed by atoms with Crippen molar-refractivity contribution in [2.75, 3.05) is 0 Å². The second kappa shape index (κ2) is 4.96.